The number of rotatable bonds is 3. The fourth-order valence-corrected chi connectivity index (χ4v) is 8.78. The van der Waals surface area contributed by atoms with Crippen LogP contribution in [-0.4, -0.2) is 20.8 Å². The molecule has 0 radical (unpaired) electrons. The van der Waals surface area contributed by atoms with Gasteiger partial charge in [0.1, 0.15) is 6.54 Å². The van der Waals surface area contributed by atoms with E-state index in [-0.39, 0.29) is 11.3 Å². The zero-order valence-electron chi connectivity index (χ0n) is 18.6. The lowest BCUT2D eigenvalue weighted by atomic mass is 9.41. The third kappa shape index (κ3) is 3.11. The normalized spacial score (nSPS) is 47.0. The van der Waals surface area contributed by atoms with Gasteiger partial charge in [-0.2, -0.15) is 0 Å². The van der Waals surface area contributed by atoms with Gasteiger partial charge < -0.3 is 0 Å². The highest BCUT2D eigenvalue weighted by molar-refractivity contribution is 5.81. The predicted octanol–water partition coefficient (Wildman–Crippen LogP) is 5.53. The first-order valence-electron chi connectivity index (χ1n) is 12.3. The highest BCUT2D eigenvalue weighted by atomic mass is 16.1. The summed E-state index contributed by atoms with van der Waals surface area (Å²) in [5.41, 5.74) is 0.761. The Morgan fingerprint density at radius 1 is 1.03 bits per heavy atom. The number of aromatic nitrogens is 3. The molecule has 4 heteroatoms. The molecule has 0 spiro atoms. The van der Waals surface area contributed by atoms with Crippen LogP contribution in [-0.2, 0) is 11.3 Å². The fraction of sp³-hybridized carbons (Fsp3) is 0.880. The molecular weight excluding hydrogens is 358 g/mol. The molecule has 4 fully saturated rings. The Balaban J connectivity index is 1.38. The smallest absolute Gasteiger partial charge is 0.157 e. The number of Topliss-reactive ketones (excluding diaryl/α,β-unsaturated/α-hetero) is 1. The van der Waals surface area contributed by atoms with Crippen molar-refractivity contribution in [3.05, 3.63) is 12.4 Å². The average Bonchev–Trinajstić information content (AvgIpc) is 3.20. The Morgan fingerprint density at radius 2 is 1.83 bits per heavy atom. The SMILES string of the molecule is C[C@H]1CC[C@@]2(C)[C@@H](CC[C@@H]3[C@@H]2CC[C@]2(C)[C@@H](C(=O)Cn4ccnn4)CCC[C@@H]32)C1. The molecule has 0 N–H and O–H groups in total. The topological polar surface area (TPSA) is 47.8 Å². The Hall–Kier alpha value is -1.19. The van der Waals surface area contributed by atoms with Crippen molar-refractivity contribution in [3.8, 4) is 0 Å². The highest BCUT2D eigenvalue weighted by Gasteiger charge is 2.59. The molecule has 8 atom stereocenters. The molecule has 4 saturated carbocycles. The molecule has 29 heavy (non-hydrogen) atoms. The largest absolute Gasteiger partial charge is 0.297 e. The molecule has 1 heterocycles. The first-order valence-corrected chi connectivity index (χ1v) is 12.3. The van der Waals surface area contributed by atoms with Gasteiger partial charge in [-0.05, 0) is 91.8 Å². The van der Waals surface area contributed by atoms with E-state index in [4.69, 9.17) is 0 Å². The van der Waals surface area contributed by atoms with Crippen molar-refractivity contribution in [2.45, 2.75) is 91.5 Å². The molecule has 1 aromatic heterocycles. The molecule has 0 saturated heterocycles. The van der Waals surface area contributed by atoms with Gasteiger partial charge in [-0.1, -0.05) is 38.8 Å². The van der Waals surface area contributed by atoms with Crippen molar-refractivity contribution in [2.75, 3.05) is 0 Å². The van der Waals surface area contributed by atoms with E-state index in [1.54, 1.807) is 10.9 Å². The van der Waals surface area contributed by atoms with Crippen molar-refractivity contribution in [1.82, 2.24) is 15.0 Å². The minimum atomic E-state index is 0.197. The Morgan fingerprint density at radius 3 is 2.62 bits per heavy atom. The molecule has 4 nitrogen and oxygen atoms in total. The maximum absolute atomic E-state index is 13.3. The molecular formula is C25H39N3O. The van der Waals surface area contributed by atoms with E-state index in [1.165, 1.54) is 57.8 Å². The van der Waals surface area contributed by atoms with Crippen LogP contribution >= 0.6 is 0 Å². The van der Waals surface area contributed by atoms with Gasteiger partial charge in [-0.3, -0.25) is 4.79 Å². The zero-order valence-corrected chi connectivity index (χ0v) is 18.6. The van der Waals surface area contributed by atoms with Crippen LogP contribution in [0.3, 0.4) is 0 Å². The molecule has 0 aromatic carbocycles. The summed E-state index contributed by atoms with van der Waals surface area (Å²) in [7, 11) is 0. The van der Waals surface area contributed by atoms with E-state index in [1.807, 2.05) is 6.20 Å². The molecule has 160 valence electrons. The summed E-state index contributed by atoms with van der Waals surface area (Å²) >= 11 is 0. The van der Waals surface area contributed by atoms with Crippen molar-refractivity contribution >= 4 is 5.78 Å². The minimum Gasteiger partial charge on any atom is -0.297 e. The lowest BCUT2D eigenvalue weighted by Gasteiger charge is -2.63. The van der Waals surface area contributed by atoms with Crippen molar-refractivity contribution in [3.63, 3.8) is 0 Å². The number of hydrogen-bond donors (Lipinski definition) is 0. The monoisotopic (exact) mass is 397 g/mol. The first kappa shape index (κ1) is 19.8. The van der Waals surface area contributed by atoms with Crippen molar-refractivity contribution in [1.29, 1.82) is 0 Å². The number of carbonyl (C=O) groups is 1. The van der Waals surface area contributed by atoms with Gasteiger partial charge in [-0.25, -0.2) is 4.68 Å². The Kier molecular flexibility index (Phi) is 4.90. The molecule has 1 aromatic rings. The van der Waals surface area contributed by atoms with Gasteiger partial charge in [0.25, 0.3) is 0 Å². The van der Waals surface area contributed by atoms with E-state index < -0.39 is 0 Å². The molecule has 5 rings (SSSR count). The van der Waals surface area contributed by atoms with Crippen LogP contribution in [0.15, 0.2) is 12.4 Å². The lowest BCUT2D eigenvalue weighted by Crippen LogP contribution is -2.57. The maximum atomic E-state index is 13.3. The quantitative estimate of drug-likeness (QED) is 0.673. The number of ketones is 1. The number of hydrogen-bond acceptors (Lipinski definition) is 3. The van der Waals surface area contributed by atoms with Crippen LogP contribution in [0.4, 0.5) is 0 Å². The van der Waals surface area contributed by atoms with Crippen molar-refractivity contribution in [2.24, 2.45) is 46.3 Å². The maximum Gasteiger partial charge on any atom is 0.157 e. The third-order valence-corrected chi connectivity index (χ3v) is 10.3. The molecule has 0 bridgehead atoms. The van der Waals surface area contributed by atoms with Gasteiger partial charge in [0.15, 0.2) is 5.78 Å². The van der Waals surface area contributed by atoms with Crippen LogP contribution in [0.25, 0.3) is 0 Å². The van der Waals surface area contributed by atoms with Crippen LogP contribution in [0.2, 0.25) is 0 Å². The second-order valence-corrected chi connectivity index (χ2v) is 11.6. The van der Waals surface area contributed by atoms with Gasteiger partial charge >= 0.3 is 0 Å². The minimum absolute atomic E-state index is 0.197. The van der Waals surface area contributed by atoms with E-state index >= 15 is 0 Å². The van der Waals surface area contributed by atoms with Crippen LogP contribution < -0.4 is 0 Å². The standard InChI is InChI=1S/C25H39N3O/c1-17-9-11-24(2)18(15-17)7-8-19-20-5-4-6-22(25(20,3)12-10-21(19)24)23(29)16-28-14-13-26-27-28/h13-14,17-22H,4-12,15-16H2,1-3H3/t17-,18-,19-,20-,21-,22+,24-,25-/m0/s1. The molecule has 0 amide bonds. The van der Waals surface area contributed by atoms with Crippen LogP contribution in [0, 0.1) is 46.3 Å². The van der Waals surface area contributed by atoms with Gasteiger partial charge in [0.2, 0.25) is 0 Å². The predicted molar refractivity (Wildman–Crippen MR) is 114 cm³/mol. The summed E-state index contributed by atoms with van der Waals surface area (Å²) in [6.45, 7) is 8.00. The molecule has 4 aliphatic rings. The summed E-state index contributed by atoms with van der Waals surface area (Å²) in [4.78, 5) is 13.3. The second kappa shape index (κ2) is 7.20. The number of fused-ring (bicyclic) bond motifs is 5. The summed E-state index contributed by atoms with van der Waals surface area (Å²) < 4.78 is 1.72. The fourth-order valence-electron chi connectivity index (χ4n) is 8.78. The molecule has 4 aliphatic carbocycles. The summed E-state index contributed by atoms with van der Waals surface area (Å²) in [6, 6.07) is 0. The van der Waals surface area contributed by atoms with Crippen molar-refractivity contribution < 1.29 is 4.79 Å². The van der Waals surface area contributed by atoms with Gasteiger partial charge in [0.05, 0.1) is 6.20 Å². The van der Waals surface area contributed by atoms with E-state index in [0.717, 1.165) is 36.0 Å². The summed E-state index contributed by atoms with van der Waals surface area (Å²) in [6.07, 6.45) is 16.9. The first-order chi connectivity index (χ1) is 13.9. The van der Waals surface area contributed by atoms with Gasteiger partial charge in [0, 0.05) is 12.1 Å². The second-order valence-electron chi connectivity index (χ2n) is 11.6. The highest BCUT2D eigenvalue weighted by Crippen LogP contribution is 2.66. The van der Waals surface area contributed by atoms with Crippen LogP contribution in [0.5, 0.6) is 0 Å². The molecule has 0 unspecified atom stereocenters. The van der Waals surface area contributed by atoms with Crippen LogP contribution in [0.1, 0.15) is 85.0 Å². The van der Waals surface area contributed by atoms with Gasteiger partial charge in [-0.15, -0.1) is 5.10 Å². The molecule has 0 aliphatic heterocycles. The third-order valence-electron chi connectivity index (χ3n) is 10.3. The average molecular weight is 398 g/mol. The number of nitrogens with zero attached hydrogens (tertiary/aromatic N) is 3. The van der Waals surface area contributed by atoms with E-state index in [9.17, 15) is 4.79 Å². The Bertz CT molecular complexity index is 745. The Labute approximate surface area is 176 Å². The van der Waals surface area contributed by atoms with E-state index in [2.05, 4.69) is 31.1 Å². The summed E-state index contributed by atoms with van der Waals surface area (Å²) in [5.74, 6) is 4.98. The zero-order chi connectivity index (χ0) is 20.2. The lowest BCUT2D eigenvalue weighted by molar-refractivity contribution is -0.157. The van der Waals surface area contributed by atoms with E-state index in [0.29, 0.717) is 17.7 Å². The summed E-state index contributed by atoms with van der Waals surface area (Å²) in [5, 5.41) is 7.93. The number of carbonyl (C=O) groups excluding carboxylic acids is 1.